The molecule has 0 amide bonds. The molecule has 2 aliphatic rings. The zero-order valence-electron chi connectivity index (χ0n) is 18.6. The molecule has 2 heterocycles. The number of benzene rings is 2. The summed E-state index contributed by atoms with van der Waals surface area (Å²) in [5, 5.41) is -1.16. The number of halogens is 1. The number of nitrogens with zero attached hydrogens (tertiary/aromatic N) is 2. The van der Waals surface area contributed by atoms with Crippen molar-refractivity contribution in [2.24, 2.45) is 0 Å². The zero-order valence-corrected chi connectivity index (χ0v) is 20.2. The van der Waals surface area contributed by atoms with Crippen LogP contribution in [0.1, 0.15) is 11.1 Å². The minimum atomic E-state index is -4.14. The predicted molar refractivity (Wildman–Crippen MR) is 128 cm³/mol. The van der Waals surface area contributed by atoms with Crippen LogP contribution in [0.15, 0.2) is 59.5 Å². The standard InChI is InChI=1S/C24H29FN2O4S2/c1-19-9-10-21(25)23(16-19)33(30,31)24-18-32(28,29)17-22(24)27-14-12-26(13-15-27)11-5-8-20-6-3-2-4-7-20/h2-10,16,22,24H,11-15,17-18H2,1H3/b8-5+/t22-,24-/m0/s1. The van der Waals surface area contributed by atoms with E-state index in [4.69, 9.17) is 0 Å². The summed E-state index contributed by atoms with van der Waals surface area (Å²) < 4.78 is 66.0. The second-order valence-electron chi connectivity index (χ2n) is 8.81. The Morgan fingerprint density at radius 1 is 1.03 bits per heavy atom. The predicted octanol–water partition coefficient (Wildman–Crippen LogP) is 2.40. The summed E-state index contributed by atoms with van der Waals surface area (Å²) in [6, 6.07) is 13.3. The van der Waals surface area contributed by atoms with Gasteiger partial charge < -0.3 is 0 Å². The maximum atomic E-state index is 14.4. The molecule has 2 aromatic carbocycles. The number of piperazine rings is 1. The van der Waals surface area contributed by atoms with Crippen LogP contribution < -0.4 is 0 Å². The van der Waals surface area contributed by atoms with E-state index in [9.17, 15) is 21.2 Å². The molecule has 2 saturated heterocycles. The van der Waals surface area contributed by atoms with Crippen LogP contribution in [0.4, 0.5) is 4.39 Å². The molecular weight excluding hydrogens is 463 g/mol. The number of rotatable bonds is 6. The van der Waals surface area contributed by atoms with Crippen LogP contribution in [0, 0.1) is 12.7 Å². The summed E-state index contributed by atoms with van der Waals surface area (Å²) in [6.45, 7) is 5.01. The first-order valence-corrected chi connectivity index (χ1v) is 14.4. The van der Waals surface area contributed by atoms with E-state index < -0.39 is 47.4 Å². The maximum absolute atomic E-state index is 14.4. The summed E-state index contributed by atoms with van der Waals surface area (Å²) in [5.74, 6) is -1.51. The first-order valence-electron chi connectivity index (χ1n) is 11.0. The van der Waals surface area contributed by atoms with Crippen molar-refractivity contribution in [3.8, 4) is 0 Å². The molecule has 0 aromatic heterocycles. The molecule has 0 aliphatic carbocycles. The van der Waals surface area contributed by atoms with Crippen molar-refractivity contribution in [3.63, 3.8) is 0 Å². The first-order chi connectivity index (χ1) is 15.7. The monoisotopic (exact) mass is 492 g/mol. The highest BCUT2D eigenvalue weighted by Gasteiger charge is 2.49. The quantitative estimate of drug-likeness (QED) is 0.617. The lowest BCUT2D eigenvalue weighted by atomic mass is 10.1. The van der Waals surface area contributed by atoms with Crippen molar-refractivity contribution in [2.75, 3.05) is 44.2 Å². The van der Waals surface area contributed by atoms with E-state index in [2.05, 4.69) is 17.1 Å². The van der Waals surface area contributed by atoms with Crippen molar-refractivity contribution in [3.05, 3.63) is 71.6 Å². The second-order valence-corrected chi connectivity index (χ2v) is 13.1. The molecule has 6 nitrogen and oxygen atoms in total. The van der Waals surface area contributed by atoms with Crippen molar-refractivity contribution in [1.82, 2.24) is 9.80 Å². The lowest BCUT2D eigenvalue weighted by molar-refractivity contribution is 0.113. The Morgan fingerprint density at radius 2 is 1.73 bits per heavy atom. The molecule has 0 spiro atoms. The van der Waals surface area contributed by atoms with Crippen LogP contribution in [0.2, 0.25) is 0 Å². The van der Waals surface area contributed by atoms with Gasteiger partial charge in [0.2, 0.25) is 0 Å². The van der Waals surface area contributed by atoms with Crippen molar-refractivity contribution in [1.29, 1.82) is 0 Å². The van der Waals surface area contributed by atoms with Gasteiger partial charge in [0.25, 0.3) is 0 Å². The van der Waals surface area contributed by atoms with Crippen LogP contribution in [-0.2, 0) is 19.7 Å². The average molecular weight is 493 g/mol. The molecule has 2 fully saturated rings. The fourth-order valence-corrected chi connectivity index (χ4v) is 9.59. The fourth-order valence-electron chi connectivity index (χ4n) is 4.61. The molecule has 178 valence electrons. The molecule has 0 saturated carbocycles. The molecule has 0 unspecified atom stereocenters. The number of aryl methyl sites for hydroxylation is 1. The van der Waals surface area contributed by atoms with E-state index in [1.54, 1.807) is 6.92 Å². The maximum Gasteiger partial charge on any atom is 0.186 e. The average Bonchev–Trinajstić information content (AvgIpc) is 3.13. The van der Waals surface area contributed by atoms with E-state index in [0.29, 0.717) is 31.7 Å². The van der Waals surface area contributed by atoms with Crippen LogP contribution in [0.25, 0.3) is 6.08 Å². The van der Waals surface area contributed by atoms with E-state index in [0.717, 1.165) is 18.2 Å². The molecule has 2 aromatic rings. The van der Waals surface area contributed by atoms with Gasteiger partial charge in [-0.05, 0) is 30.2 Å². The van der Waals surface area contributed by atoms with E-state index in [1.807, 2.05) is 35.2 Å². The largest absolute Gasteiger partial charge is 0.297 e. The fraction of sp³-hybridized carbons (Fsp3) is 0.417. The van der Waals surface area contributed by atoms with Crippen LogP contribution >= 0.6 is 0 Å². The van der Waals surface area contributed by atoms with Crippen molar-refractivity contribution in [2.45, 2.75) is 23.1 Å². The van der Waals surface area contributed by atoms with Crippen LogP contribution in [-0.4, -0.2) is 82.2 Å². The number of hydrogen-bond donors (Lipinski definition) is 0. The molecular formula is C24H29FN2O4S2. The SMILES string of the molecule is Cc1ccc(F)c(S(=O)(=O)[C@H]2CS(=O)(=O)C[C@@H]2N2CCN(C/C=C/c3ccccc3)CC2)c1. The van der Waals surface area contributed by atoms with Gasteiger partial charge in [-0.2, -0.15) is 0 Å². The summed E-state index contributed by atoms with van der Waals surface area (Å²) >= 11 is 0. The Hall–Kier alpha value is -2.07. The van der Waals surface area contributed by atoms with Crippen molar-refractivity contribution < 1.29 is 21.2 Å². The van der Waals surface area contributed by atoms with Gasteiger partial charge in [-0.1, -0.05) is 48.6 Å². The summed E-state index contributed by atoms with van der Waals surface area (Å²) in [7, 11) is -7.67. The molecule has 0 radical (unpaired) electrons. The van der Waals surface area contributed by atoms with Gasteiger partial charge in [-0.3, -0.25) is 9.80 Å². The Morgan fingerprint density at radius 3 is 2.42 bits per heavy atom. The molecule has 2 atom stereocenters. The third-order valence-corrected chi connectivity index (χ3v) is 10.5. The molecule has 33 heavy (non-hydrogen) atoms. The summed E-state index contributed by atoms with van der Waals surface area (Å²) in [4.78, 5) is 3.81. The van der Waals surface area contributed by atoms with Gasteiger partial charge in [0, 0.05) is 38.8 Å². The molecule has 4 rings (SSSR count). The zero-order chi connectivity index (χ0) is 23.6. The molecule has 2 aliphatic heterocycles. The highest BCUT2D eigenvalue weighted by Crippen LogP contribution is 2.31. The highest BCUT2D eigenvalue weighted by molar-refractivity contribution is 7.96. The van der Waals surface area contributed by atoms with E-state index in [-0.39, 0.29) is 5.75 Å². The Balaban J connectivity index is 1.45. The Kier molecular flexibility index (Phi) is 7.04. The Labute approximate surface area is 195 Å². The van der Waals surface area contributed by atoms with Crippen LogP contribution in [0.5, 0.6) is 0 Å². The molecule has 0 bridgehead atoms. The van der Waals surface area contributed by atoms with Gasteiger partial charge in [0.1, 0.15) is 10.7 Å². The van der Waals surface area contributed by atoms with Crippen LogP contribution in [0.3, 0.4) is 0 Å². The van der Waals surface area contributed by atoms with E-state index >= 15 is 0 Å². The summed E-state index contributed by atoms with van der Waals surface area (Å²) in [6.07, 6.45) is 4.16. The minimum absolute atomic E-state index is 0.210. The van der Waals surface area contributed by atoms with Gasteiger partial charge >= 0.3 is 0 Å². The van der Waals surface area contributed by atoms with Gasteiger partial charge in [0.15, 0.2) is 19.7 Å². The van der Waals surface area contributed by atoms with Gasteiger partial charge in [0.05, 0.1) is 16.8 Å². The number of hydrogen-bond acceptors (Lipinski definition) is 6. The second kappa shape index (κ2) is 9.66. The van der Waals surface area contributed by atoms with E-state index in [1.165, 1.54) is 12.1 Å². The first kappa shape index (κ1) is 24.1. The normalized spacial score (nSPS) is 24.4. The smallest absolute Gasteiger partial charge is 0.186 e. The van der Waals surface area contributed by atoms with Gasteiger partial charge in [-0.25, -0.2) is 21.2 Å². The highest BCUT2D eigenvalue weighted by atomic mass is 32.2. The van der Waals surface area contributed by atoms with Crippen molar-refractivity contribution >= 4 is 25.8 Å². The minimum Gasteiger partial charge on any atom is -0.297 e. The number of sulfone groups is 2. The molecule has 9 heteroatoms. The summed E-state index contributed by atoms with van der Waals surface area (Å²) in [5.41, 5.74) is 1.74. The third kappa shape index (κ3) is 5.54. The lowest BCUT2D eigenvalue weighted by Gasteiger charge is -2.39. The Bertz CT molecular complexity index is 1220. The topological polar surface area (TPSA) is 74.8 Å². The lowest BCUT2D eigenvalue weighted by Crippen LogP contribution is -2.54. The van der Waals surface area contributed by atoms with Gasteiger partial charge in [-0.15, -0.1) is 0 Å². The third-order valence-electron chi connectivity index (χ3n) is 6.41. The molecule has 0 N–H and O–H groups in total.